The molecule has 2 aromatic carbocycles. The Labute approximate surface area is 192 Å². The van der Waals surface area contributed by atoms with Gasteiger partial charge in [-0.25, -0.2) is 9.97 Å². The molecule has 2 aliphatic rings. The number of anilines is 1. The first-order valence-electron chi connectivity index (χ1n) is 10.8. The average molecular weight is 470 g/mol. The Morgan fingerprint density at radius 1 is 1.03 bits per heavy atom. The number of nitro benzene ring substituents is 1. The van der Waals surface area contributed by atoms with Crippen LogP contribution >= 0.6 is 0 Å². The summed E-state index contributed by atoms with van der Waals surface area (Å²) < 4.78 is 39.6. The molecule has 5 rings (SSSR count). The summed E-state index contributed by atoms with van der Waals surface area (Å²) in [5, 5.41) is 13.9. The van der Waals surface area contributed by atoms with E-state index in [-0.39, 0.29) is 11.4 Å². The van der Waals surface area contributed by atoms with Crippen molar-refractivity contribution >= 4 is 28.3 Å². The van der Waals surface area contributed by atoms with E-state index in [2.05, 4.69) is 5.32 Å². The second-order valence-electron chi connectivity index (χ2n) is 9.75. The molecule has 2 unspecified atom stereocenters. The number of halogens is 3. The predicted molar refractivity (Wildman–Crippen MR) is 118 cm³/mol. The van der Waals surface area contributed by atoms with Crippen LogP contribution in [-0.2, 0) is 21.8 Å². The van der Waals surface area contributed by atoms with Gasteiger partial charge in [0.1, 0.15) is 0 Å². The molecule has 1 heterocycles. The first kappa shape index (κ1) is 22.2. The summed E-state index contributed by atoms with van der Waals surface area (Å²) in [4.78, 5) is 34.0. The van der Waals surface area contributed by atoms with Crippen LogP contribution in [0.3, 0.4) is 0 Å². The fourth-order valence-electron chi connectivity index (χ4n) is 5.72. The van der Waals surface area contributed by atoms with Crippen LogP contribution in [0.5, 0.6) is 0 Å². The molecule has 2 atom stereocenters. The Balaban J connectivity index is 1.65. The summed E-state index contributed by atoms with van der Waals surface area (Å²) in [7, 11) is 0. The number of alkyl halides is 3. The van der Waals surface area contributed by atoms with Gasteiger partial charge in [0, 0.05) is 23.2 Å². The molecule has 1 saturated carbocycles. The number of fused-ring (bicyclic) bond motifs is 6. The molecule has 7 nitrogen and oxygen atoms in total. The number of rotatable bonds is 3. The zero-order chi connectivity index (χ0) is 24.7. The van der Waals surface area contributed by atoms with Gasteiger partial charge in [0.25, 0.3) is 5.69 Å². The van der Waals surface area contributed by atoms with Gasteiger partial charge in [-0.15, -0.1) is 0 Å². The lowest BCUT2D eigenvalue weighted by Crippen LogP contribution is -2.48. The molecule has 3 aromatic rings. The zero-order valence-corrected chi connectivity index (χ0v) is 18.7. The molecule has 34 heavy (non-hydrogen) atoms. The number of aromatic nitrogens is 2. The van der Waals surface area contributed by atoms with Crippen LogP contribution in [0.4, 0.5) is 24.5 Å². The molecule has 1 amide bonds. The third-order valence-corrected chi connectivity index (χ3v) is 8.07. The van der Waals surface area contributed by atoms with E-state index in [9.17, 15) is 28.1 Å². The highest BCUT2D eigenvalue weighted by molar-refractivity contribution is 6.02. The highest BCUT2D eigenvalue weighted by atomic mass is 19.4. The third kappa shape index (κ3) is 2.74. The molecule has 2 bridgehead atoms. The van der Waals surface area contributed by atoms with Crippen LogP contribution in [0.25, 0.3) is 11.0 Å². The molecule has 0 aliphatic heterocycles. The minimum Gasteiger partial charge on any atom is -0.325 e. The monoisotopic (exact) mass is 470 g/mol. The average Bonchev–Trinajstić information content (AvgIpc) is 3.06. The normalized spacial score (nSPS) is 24.8. The molecule has 0 spiro atoms. The van der Waals surface area contributed by atoms with Gasteiger partial charge in [0.2, 0.25) is 5.91 Å². The molecule has 1 aromatic heterocycles. The van der Waals surface area contributed by atoms with Gasteiger partial charge >= 0.3 is 6.18 Å². The first-order chi connectivity index (χ1) is 15.8. The minimum atomic E-state index is -4.54. The number of nitrogens with one attached hydrogen (secondary N) is 1. The number of carbonyl (C=O) groups excluding carboxylic acids is 1. The van der Waals surface area contributed by atoms with Crippen LogP contribution in [-0.4, -0.2) is 20.8 Å². The number of amides is 1. The van der Waals surface area contributed by atoms with Crippen molar-refractivity contribution in [3.63, 3.8) is 0 Å². The van der Waals surface area contributed by atoms with Gasteiger partial charge in [-0.1, -0.05) is 26.8 Å². The lowest BCUT2D eigenvalue weighted by molar-refractivity contribution is -0.384. The van der Waals surface area contributed by atoms with Crippen molar-refractivity contribution in [2.45, 2.75) is 50.6 Å². The van der Waals surface area contributed by atoms with E-state index in [1.807, 2.05) is 20.8 Å². The molecule has 0 radical (unpaired) electrons. The van der Waals surface area contributed by atoms with Crippen molar-refractivity contribution in [2.75, 3.05) is 5.32 Å². The number of carbonyl (C=O) groups is 1. The smallest absolute Gasteiger partial charge is 0.325 e. The molecular formula is C24H21F3N4O3. The quantitative estimate of drug-likeness (QED) is 0.401. The fraction of sp³-hybridized carbons (Fsp3) is 0.375. The van der Waals surface area contributed by atoms with Gasteiger partial charge in [0.05, 0.1) is 38.3 Å². The molecule has 1 N–H and O–H groups in total. The summed E-state index contributed by atoms with van der Waals surface area (Å²) in [5.74, 6) is -0.460. The number of nitrogens with zero attached hydrogens (tertiary/aromatic N) is 3. The van der Waals surface area contributed by atoms with Gasteiger partial charge in [0.15, 0.2) is 0 Å². The summed E-state index contributed by atoms with van der Waals surface area (Å²) in [6, 6.07) is 8.73. The lowest BCUT2D eigenvalue weighted by atomic mass is 9.63. The SMILES string of the molecule is CC12CCC(C(=O)Nc3cccc(C(F)(F)F)c3)(c3nc4cc([N+](=O)[O-])ccc4nc31)C2(C)C. The van der Waals surface area contributed by atoms with Crippen LogP contribution in [0.1, 0.15) is 50.6 Å². The maximum atomic E-state index is 13.8. The second kappa shape index (κ2) is 6.74. The van der Waals surface area contributed by atoms with E-state index < -0.39 is 38.8 Å². The predicted octanol–water partition coefficient (Wildman–Crippen LogP) is 5.52. The van der Waals surface area contributed by atoms with Gasteiger partial charge in [-0.3, -0.25) is 14.9 Å². The lowest BCUT2D eigenvalue weighted by Gasteiger charge is -2.39. The van der Waals surface area contributed by atoms with Crippen molar-refractivity contribution in [1.29, 1.82) is 0 Å². The highest BCUT2D eigenvalue weighted by Gasteiger charge is 2.73. The largest absolute Gasteiger partial charge is 0.416 e. The molecule has 1 fully saturated rings. The van der Waals surface area contributed by atoms with Crippen molar-refractivity contribution in [3.8, 4) is 0 Å². The number of hydrogen-bond donors (Lipinski definition) is 1. The Kier molecular flexibility index (Phi) is 4.41. The van der Waals surface area contributed by atoms with E-state index in [0.717, 1.165) is 12.1 Å². The van der Waals surface area contributed by atoms with Crippen LogP contribution in [0.15, 0.2) is 42.5 Å². The van der Waals surface area contributed by atoms with Crippen LogP contribution in [0, 0.1) is 15.5 Å². The number of hydrogen-bond acceptors (Lipinski definition) is 5. The van der Waals surface area contributed by atoms with Crippen LogP contribution < -0.4 is 5.32 Å². The highest BCUT2D eigenvalue weighted by Crippen LogP contribution is 2.70. The van der Waals surface area contributed by atoms with Crippen molar-refractivity contribution in [1.82, 2.24) is 9.97 Å². The van der Waals surface area contributed by atoms with Crippen molar-refractivity contribution < 1.29 is 22.9 Å². The maximum absolute atomic E-state index is 13.8. The summed E-state index contributed by atoms with van der Waals surface area (Å²) >= 11 is 0. The van der Waals surface area contributed by atoms with Crippen molar-refractivity contribution in [3.05, 3.63) is 69.5 Å². The molecule has 2 aliphatic carbocycles. The minimum absolute atomic E-state index is 0.0384. The number of non-ortho nitro benzene ring substituents is 1. The van der Waals surface area contributed by atoms with Crippen LogP contribution in [0.2, 0.25) is 0 Å². The van der Waals surface area contributed by atoms with E-state index in [1.54, 1.807) is 6.07 Å². The maximum Gasteiger partial charge on any atom is 0.416 e. The number of nitro groups is 1. The molecule has 10 heteroatoms. The summed E-state index contributed by atoms with van der Waals surface area (Å²) in [6.07, 6.45) is -3.46. The summed E-state index contributed by atoms with van der Waals surface area (Å²) in [6.45, 7) is 5.91. The Morgan fingerprint density at radius 2 is 1.74 bits per heavy atom. The van der Waals surface area contributed by atoms with Crippen molar-refractivity contribution in [2.24, 2.45) is 5.41 Å². The van der Waals surface area contributed by atoms with Gasteiger partial charge in [-0.2, -0.15) is 13.2 Å². The number of benzene rings is 2. The van der Waals surface area contributed by atoms with Gasteiger partial charge in [-0.05, 0) is 42.5 Å². The Morgan fingerprint density at radius 3 is 2.41 bits per heavy atom. The summed E-state index contributed by atoms with van der Waals surface area (Å²) in [5.41, 5.74) is -1.40. The molecular weight excluding hydrogens is 449 g/mol. The topological polar surface area (TPSA) is 98.0 Å². The van der Waals surface area contributed by atoms with E-state index in [1.165, 1.54) is 24.3 Å². The second-order valence-corrected chi connectivity index (χ2v) is 9.75. The third-order valence-electron chi connectivity index (χ3n) is 8.07. The first-order valence-corrected chi connectivity index (χ1v) is 10.8. The van der Waals surface area contributed by atoms with E-state index in [0.29, 0.717) is 35.3 Å². The van der Waals surface area contributed by atoms with Gasteiger partial charge < -0.3 is 5.32 Å². The Hall–Kier alpha value is -3.56. The van der Waals surface area contributed by atoms with E-state index >= 15 is 0 Å². The van der Waals surface area contributed by atoms with E-state index in [4.69, 9.17) is 9.97 Å². The molecule has 0 saturated heterocycles. The zero-order valence-electron chi connectivity index (χ0n) is 18.7. The Bertz CT molecular complexity index is 1390. The standard InChI is InChI=1S/C24H21F3N4O3/c1-21(2)22(3)9-10-23(21,20(32)28-14-6-4-5-13(11-14)24(25,26)27)19-18(22)29-16-8-7-15(31(33)34)12-17(16)30-19/h4-8,11-12H,9-10H2,1-3H3,(H,28,32). The molecule has 176 valence electrons. The fourth-order valence-corrected chi connectivity index (χ4v) is 5.72.